The van der Waals surface area contributed by atoms with Gasteiger partial charge in [0.15, 0.2) is 6.04 Å². The van der Waals surface area contributed by atoms with Crippen molar-refractivity contribution in [2.45, 2.75) is 38.3 Å². The zero-order valence-electron chi connectivity index (χ0n) is 18.5. The molecule has 0 radical (unpaired) electrons. The SMILES string of the molecule is Cc1cc(-c2noc([C@@H]3[C@@H](O)CC[N+]3=C(N)N)n2)ccc1OCCCc1ccc(Cl)c(Cl)c1.[Cl-]. The molecule has 2 atom stereocenters. The fourth-order valence-electron chi connectivity index (χ4n) is 3.94. The quantitative estimate of drug-likeness (QED) is 0.232. The van der Waals surface area contributed by atoms with Crippen molar-refractivity contribution in [3.8, 4) is 17.1 Å². The molecule has 1 aliphatic heterocycles. The molecule has 0 bridgehead atoms. The Labute approximate surface area is 213 Å². The summed E-state index contributed by atoms with van der Waals surface area (Å²) >= 11 is 12.0. The molecule has 1 aromatic heterocycles. The van der Waals surface area contributed by atoms with Crippen LogP contribution in [-0.2, 0) is 6.42 Å². The highest BCUT2D eigenvalue weighted by Gasteiger charge is 2.39. The molecular formula is C23H26Cl3N5O3. The van der Waals surface area contributed by atoms with Crippen molar-refractivity contribution in [1.29, 1.82) is 0 Å². The largest absolute Gasteiger partial charge is 1.00 e. The van der Waals surface area contributed by atoms with Crippen LogP contribution in [0.3, 0.4) is 0 Å². The highest BCUT2D eigenvalue weighted by atomic mass is 35.5. The van der Waals surface area contributed by atoms with E-state index in [2.05, 4.69) is 10.1 Å². The summed E-state index contributed by atoms with van der Waals surface area (Å²) in [4.78, 5) is 4.47. The summed E-state index contributed by atoms with van der Waals surface area (Å²) in [5.41, 5.74) is 14.3. The first kappa shape index (κ1) is 26.1. The number of aliphatic hydroxyl groups is 1. The van der Waals surface area contributed by atoms with Crippen LogP contribution in [0.5, 0.6) is 5.75 Å². The molecule has 1 fully saturated rings. The Hall–Kier alpha value is -2.52. The van der Waals surface area contributed by atoms with E-state index in [0.717, 1.165) is 35.3 Å². The summed E-state index contributed by atoms with van der Waals surface area (Å²) in [6.45, 7) is 3.06. The van der Waals surface area contributed by atoms with Crippen LogP contribution in [0, 0.1) is 6.92 Å². The zero-order valence-corrected chi connectivity index (χ0v) is 20.8. The van der Waals surface area contributed by atoms with E-state index in [1.807, 2.05) is 37.3 Å². The number of ether oxygens (including phenoxy) is 1. The topological polar surface area (TPSA) is 123 Å². The number of guanidine groups is 1. The molecule has 2 heterocycles. The van der Waals surface area contributed by atoms with E-state index in [4.69, 9.17) is 43.9 Å². The van der Waals surface area contributed by atoms with Gasteiger partial charge in [-0.3, -0.25) is 16.0 Å². The van der Waals surface area contributed by atoms with E-state index in [0.29, 0.717) is 35.4 Å². The Morgan fingerprint density at radius 3 is 2.71 bits per heavy atom. The highest BCUT2D eigenvalue weighted by molar-refractivity contribution is 6.42. The fourth-order valence-corrected chi connectivity index (χ4v) is 4.26. The maximum absolute atomic E-state index is 10.3. The van der Waals surface area contributed by atoms with Gasteiger partial charge in [-0.15, -0.1) is 0 Å². The van der Waals surface area contributed by atoms with E-state index in [1.54, 1.807) is 10.6 Å². The molecule has 5 N–H and O–H groups in total. The molecule has 1 aliphatic rings. The van der Waals surface area contributed by atoms with Gasteiger partial charge in [0.05, 0.1) is 29.3 Å². The number of hydrogen-bond acceptors (Lipinski definition) is 5. The predicted octanol–water partition coefficient (Wildman–Crippen LogP) is 0.459. The summed E-state index contributed by atoms with van der Waals surface area (Å²) < 4.78 is 13.0. The van der Waals surface area contributed by atoms with Crippen LogP contribution in [0.1, 0.15) is 35.9 Å². The summed E-state index contributed by atoms with van der Waals surface area (Å²) in [5, 5.41) is 15.5. The van der Waals surface area contributed by atoms with Crippen LogP contribution in [-0.4, -0.2) is 45.0 Å². The van der Waals surface area contributed by atoms with E-state index in [-0.39, 0.29) is 24.3 Å². The molecule has 182 valence electrons. The molecule has 0 aliphatic carbocycles. The minimum Gasteiger partial charge on any atom is -1.00 e. The number of aromatic nitrogens is 2. The zero-order chi connectivity index (χ0) is 23.5. The van der Waals surface area contributed by atoms with Crippen molar-refractivity contribution in [2.75, 3.05) is 13.2 Å². The van der Waals surface area contributed by atoms with Crippen molar-refractivity contribution < 1.29 is 31.3 Å². The van der Waals surface area contributed by atoms with Crippen molar-refractivity contribution in [3.05, 3.63) is 63.5 Å². The lowest BCUT2D eigenvalue weighted by Gasteiger charge is -2.11. The first-order valence-corrected chi connectivity index (χ1v) is 11.4. The van der Waals surface area contributed by atoms with Crippen LogP contribution >= 0.6 is 23.2 Å². The third-order valence-electron chi connectivity index (χ3n) is 5.68. The number of nitrogens with zero attached hydrogens (tertiary/aromatic N) is 3. The average molecular weight is 527 g/mol. The predicted molar refractivity (Wildman–Crippen MR) is 127 cm³/mol. The van der Waals surface area contributed by atoms with Gasteiger partial charge in [-0.05, 0) is 61.2 Å². The number of benzene rings is 2. The molecule has 4 rings (SSSR count). The number of aryl methyl sites for hydroxylation is 2. The Balaban J connectivity index is 0.00000324. The van der Waals surface area contributed by atoms with Gasteiger partial charge in [-0.2, -0.15) is 4.98 Å². The molecule has 1 saturated heterocycles. The van der Waals surface area contributed by atoms with Crippen LogP contribution in [0.2, 0.25) is 10.0 Å². The van der Waals surface area contributed by atoms with Crippen LogP contribution in [0.15, 0.2) is 40.9 Å². The van der Waals surface area contributed by atoms with Gasteiger partial charge >= 0.3 is 5.96 Å². The maximum Gasteiger partial charge on any atom is 0.341 e. The smallest absolute Gasteiger partial charge is 0.341 e. The summed E-state index contributed by atoms with van der Waals surface area (Å²) in [6, 6.07) is 10.8. The third kappa shape index (κ3) is 5.75. The molecule has 8 nitrogen and oxygen atoms in total. The van der Waals surface area contributed by atoms with Gasteiger partial charge in [0.1, 0.15) is 5.75 Å². The van der Waals surface area contributed by atoms with Gasteiger partial charge in [0.2, 0.25) is 5.82 Å². The van der Waals surface area contributed by atoms with E-state index in [9.17, 15) is 5.11 Å². The van der Waals surface area contributed by atoms with E-state index < -0.39 is 12.1 Å². The van der Waals surface area contributed by atoms with Crippen LogP contribution < -0.4 is 28.6 Å². The van der Waals surface area contributed by atoms with Gasteiger partial charge in [-0.1, -0.05) is 34.4 Å². The molecule has 2 aromatic carbocycles. The minimum atomic E-state index is -0.679. The number of hydrogen-bond donors (Lipinski definition) is 3. The Morgan fingerprint density at radius 2 is 2.00 bits per heavy atom. The standard InChI is InChI=1S/C23H25Cl2N5O3.ClH/c1-13-11-15(21-28-22(33-29-21)20-18(31)8-9-30(20)23(26)27)5-7-19(13)32-10-2-3-14-4-6-16(24)17(25)12-14;/h4-7,11-12,18,20,31H,2-3,8-10H2,1H3,(H3,26,27);1H/t18-,20-;/m0./s1. The second kappa shape index (κ2) is 11.3. The molecular weight excluding hydrogens is 501 g/mol. The minimum absolute atomic E-state index is 0. The second-order valence-corrected chi connectivity index (χ2v) is 8.87. The monoisotopic (exact) mass is 525 g/mol. The molecule has 3 aromatic rings. The molecule has 0 unspecified atom stereocenters. The normalized spacial score (nSPS) is 17.5. The number of nitrogens with two attached hydrogens (primary N) is 2. The number of rotatable bonds is 7. The van der Waals surface area contributed by atoms with E-state index in [1.165, 1.54) is 0 Å². The number of halogens is 3. The third-order valence-corrected chi connectivity index (χ3v) is 6.42. The molecule has 11 heteroatoms. The summed E-state index contributed by atoms with van der Waals surface area (Å²) in [6.07, 6.45) is 1.53. The average Bonchev–Trinajstić information content (AvgIpc) is 3.41. The van der Waals surface area contributed by atoms with Crippen LogP contribution in [0.4, 0.5) is 0 Å². The van der Waals surface area contributed by atoms with Crippen molar-refractivity contribution >= 4 is 29.2 Å². The lowest BCUT2D eigenvalue weighted by atomic mass is 10.1. The molecule has 34 heavy (non-hydrogen) atoms. The van der Waals surface area contributed by atoms with Crippen LogP contribution in [0.25, 0.3) is 11.4 Å². The van der Waals surface area contributed by atoms with Crippen molar-refractivity contribution in [1.82, 2.24) is 10.1 Å². The van der Waals surface area contributed by atoms with Gasteiger partial charge < -0.3 is 26.8 Å². The summed E-state index contributed by atoms with van der Waals surface area (Å²) in [7, 11) is 0. The summed E-state index contributed by atoms with van der Waals surface area (Å²) in [5.74, 6) is 1.62. The first-order valence-electron chi connectivity index (χ1n) is 10.7. The number of aliphatic hydroxyl groups excluding tert-OH is 1. The fraction of sp³-hybridized carbons (Fsp3) is 0.348. The second-order valence-electron chi connectivity index (χ2n) is 8.06. The lowest BCUT2D eigenvalue weighted by molar-refractivity contribution is -0.560. The van der Waals surface area contributed by atoms with Gasteiger partial charge in [-0.25, -0.2) is 0 Å². The van der Waals surface area contributed by atoms with E-state index >= 15 is 0 Å². The molecule has 0 spiro atoms. The lowest BCUT2D eigenvalue weighted by Crippen LogP contribution is -3.00. The maximum atomic E-state index is 10.3. The Bertz CT molecular complexity index is 1180. The Morgan fingerprint density at radius 1 is 1.21 bits per heavy atom. The van der Waals surface area contributed by atoms with Crippen molar-refractivity contribution in [3.63, 3.8) is 0 Å². The molecule has 0 saturated carbocycles. The molecule has 0 amide bonds. The van der Waals surface area contributed by atoms with Gasteiger partial charge in [0.25, 0.3) is 5.89 Å². The first-order chi connectivity index (χ1) is 15.8. The Kier molecular flexibility index (Phi) is 8.65. The highest BCUT2D eigenvalue weighted by Crippen LogP contribution is 2.30. The van der Waals surface area contributed by atoms with Crippen molar-refractivity contribution in [2.24, 2.45) is 11.5 Å². The van der Waals surface area contributed by atoms with Gasteiger partial charge in [0, 0.05) is 12.0 Å².